The third-order valence-corrected chi connectivity index (χ3v) is 5.37. The van der Waals surface area contributed by atoms with Gasteiger partial charge in [0.25, 0.3) is 0 Å². The van der Waals surface area contributed by atoms with E-state index in [0.717, 1.165) is 37.3 Å². The van der Waals surface area contributed by atoms with E-state index in [0.29, 0.717) is 0 Å². The van der Waals surface area contributed by atoms with Crippen LogP contribution in [0.1, 0.15) is 19.3 Å². The van der Waals surface area contributed by atoms with Gasteiger partial charge in [-0.15, -0.1) is 18.2 Å². The number of hydrogen-bond donors (Lipinski definition) is 1. The first-order valence-electron chi connectivity index (χ1n) is 5.49. The van der Waals surface area contributed by atoms with E-state index in [-0.39, 0.29) is 11.3 Å². The minimum Gasteiger partial charge on any atom is -0.312 e. The molecular weight excluding hydrogens is 242 g/mol. The summed E-state index contributed by atoms with van der Waals surface area (Å²) in [6.07, 6.45) is 9.26. The Morgan fingerprint density at radius 1 is 1.50 bits per heavy atom. The summed E-state index contributed by atoms with van der Waals surface area (Å²) in [5, 5.41) is 3.14. The van der Waals surface area contributed by atoms with E-state index < -0.39 is 9.84 Å². The third-order valence-electron chi connectivity index (χ3n) is 2.84. The van der Waals surface area contributed by atoms with E-state index >= 15 is 0 Å². The van der Waals surface area contributed by atoms with Crippen LogP contribution in [0.5, 0.6) is 0 Å². The van der Waals surface area contributed by atoms with Crippen LogP contribution >= 0.6 is 11.8 Å². The van der Waals surface area contributed by atoms with Crippen LogP contribution in [0.4, 0.5) is 0 Å². The first-order chi connectivity index (χ1) is 7.55. The summed E-state index contributed by atoms with van der Waals surface area (Å²) in [5.74, 6) is 4.23. The van der Waals surface area contributed by atoms with E-state index in [4.69, 9.17) is 6.42 Å². The fourth-order valence-electron chi connectivity index (χ4n) is 2.12. The Morgan fingerprint density at radius 3 is 2.88 bits per heavy atom. The highest BCUT2D eigenvalue weighted by molar-refractivity contribution is 7.99. The second-order valence-corrected chi connectivity index (χ2v) is 7.49. The molecule has 1 N–H and O–H groups in total. The van der Waals surface area contributed by atoms with E-state index in [9.17, 15) is 8.42 Å². The molecule has 3 nitrogen and oxygen atoms in total. The molecule has 0 aromatic heterocycles. The molecule has 0 bridgehead atoms. The third kappa shape index (κ3) is 4.36. The maximum absolute atomic E-state index is 11.5. The van der Waals surface area contributed by atoms with Gasteiger partial charge in [0.05, 0.1) is 11.0 Å². The van der Waals surface area contributed by atoms with Crippen LogP contribution in [-0.4, -0.2) is 44.0 Å². The average Bonchev–Trinajstić information content (AvgIpc) is 2.65. The van der Waals surface area contributed by atoms with Crippen LogP contribution in [0.3, 0.4) is 0 Å². The summed E-state index contributed by atoms with van der Waals surface area (Å²) in [6, 6.07) is 0.140. The Kier molecular flexibility index (Phi) is 5.67. The van der Waals surface area contributed by atoms with Gasteiger partial charge in [-0.1, -0.05) is 12.3 Å². The van der Waals surface area contributed by atoms with Gasteiger partial charge >= 0.3 is 0 Å². The van der Waals surface area contributed by atoms with Crippen molar-refractivity contribution in [2.45, 2.75) is 30.6 Å². The molecule has 0 aromatic rings. The molecule has 2 unspecified atom stereocenters. The minimum absolute atomic E-state index is 0.140. The van der Waals surface area contributed by atoms with Crippen LogP contribution in [-0.2, 0) is 9.84 Å². The summed E-state index contributed by atoms with van der Waals surface area (Å²) in [7, 11) is -2.90. The van der Waals surface area contributed by atoms with E-state index in [2.05, 4.69) is 11.2 Å². The van der Waals surface area contributed by atoms with E-state index in [1.165, 1.54) is 6.26 Å². The zero-order valence-corrected chi connectivity index (χ0v) is 11.2. The van der Waals surface area contributed by atoms with Gasteiger partial charge in [-0.05, 0) is 12.8 Å². The van der Waals surface area contributed by atoms with Crippen molar-refractivity contribution < 1.29 is 8.42 Å². The molecule has 16 heavy (non-hydrogen) atoms. The Balaban J connectivity index is 2.29. The largest absolute Gasteiger partial charge is 0.312 e. The van der Waals surface area contributed by atoms with Crippen LogP contribution in [0.2, 0.25) is 0 Å². The van der Waals surface area contributed by atoms with Gasteiger partial charge < -0.3 is 5.32 Å². The second kappa shape index (κ2) is 6.53. The van der Waals surface area contributed by atoms with E-state index in [1.54, 1.807) is 11.8 Å². The zero-order chi connectivity index (χ0) is 12.0. The van der Waals surface area contributed by atoms with Gasteiger partial charge in [0.2, 0.25) is 0 Å². The monoisotopic (exact) mass is 261 g/mol. The number of sulfone groups is 1. The number of rotatable bonds is 6. The smallest absolute Gasteiger partial charge is 0.151 e. The maximum Gasteiger partial charge on any atom is 0.151 e. The van der Waals surface area contributed by atoms with Crippen molar-refractivity contribution in [3.8, 4) is 12.3 Å². The molecule has 0 aliphatic heterocycles. The number of thioether (sulfide) groups is 1. The van der Waals surface area contributed by atoms with Crippen molar-refractivity contribution in [3.05, 3.63) is 0 Å². The summed E-state index contributed by atoms with van der Waals surface area (Å²) in [6.45, 7) is 0.836. The zero-order valence-electron chi connectivity index (χ0n) is 9.61. The van der Waals surface area contributed by atoms with Crippen LogP contribution in [0, 0.1) is 12.3 Å². The van der Waals surface area contributed by atoms with E-state index in [1.807, 2.05) is 0 Å². The first-order valence-corrected chi connectivity index (χ1v) is 8.60. The predicted molar refractivity (Wildman–Crippen MR) is 70.4 cm³/mol. The lowest BCUT2D eigenvalue weighted by atomic mass is 10.2. The van der Waals surface area contributed by atoms with Gasteiger partial charge in [0.1, 0.15) is 0 Å². The van der Waals surface area contributed by atoms with Gasteiger partial charge in [-0.25, -0.2) is 8.42 Å². The molecule has 0 spiro atoms. The standard InChI is InChI=1S/C11H19NO2S2/c1-3-8-15-9-7-12-10-5-4-6-11(10)16(2,13)14/h1,10-12H,4-9H2,2H3. The SMILES string of the molecule is C#CCSCCNC1CCCC1S(C)(=O)=O. The molecule has 1 aliphatic carbocycles. The summed E-state index contributed by atoms with van der Waals surface area (Å²) in [4.78, 5) is 0. The van der Waals surface area contributed by atoms with Crippen molar-refractivity contribution in [2.75, 3.05) is 24.3 Å². The lowest BCUT2D eigenvalue weighted by Gasteiger charge is -2.19. The molecule has 92 valence electrons. The lowest BCUT2D eigenvalue weighted by molar-refractivity contribution is 0.522. The van der Waals surface area contributed by atoms with Crippen LogP contribution < -0.4 is 5.32 Å². The molecule has 1 fully saturated rings. The quantitative estimate of drug-likeness (QED) is 0.570. The molecule has 0 saturated heterocycles. The van der Waals surface area contributed by atoms with Crippen LogP contribution in [0.15, 0.2) is 0 Å². The Bertz CT molecular complexity index is 345. The summed E-state index contributed by atoms with van der Waals surface area (Å²) in [5.41, 5.74) is 0. The molecule has 0 heterocycles. The molecule has 1 saturated carbocycles. The molecular formula is C11H19NO2S2. The molecule has 0 amide bonds. The Morgan fingerprint density at radius 2 is 2.25 bits per heavy atom. The normalized spacial score (nSPS) is 25.5. The average molecular weight is 261 g/mol. The Labute approximate surface area is 103 Å². The highest BCUT2D eigenvalue weighted by atomic mass is 32.2. The van der Waals surface area contributed by atoms with Crippen molar-refractivity contribution in [1.29, 1.82) is 0 Å². The van der Waals surface area contributed by atoms with Crippen molar-refractivity contribution in [1.82, 2.24) is 5.32 Å². The molecule has 1 rings (SSSR count). The fourth-order valence-corrected chi connectivity index (χ4v) is 4.07. The van der Waals surface area contributed by atoms with Gasteiger partial charge in [0.15, 0.2) is 9.84 Å². The molecule has 2 atom stereocenters. The van der Waals surface area contributed by atoms with Crippen molar-refractivity contribution in [2.24, 2.45) is 0 Å². The van der Waals surface area contributed by atoms with Gasteiger partial charge in [-0.3, -0.25) is 0 Å². The molecule has 0 radical (unpaired) electrons. The molecule has 5 heteroatoms. The number of nitrogens with one attached hydrogen (secondary N) is 1. The van der Waals surface area contributed by atoms with Gasteiger partial charge in [-0.2, -0.15) is 0 Å². The summed E-state index contributed by atoms with van der Waals surface area (Å²) < 4.78 is 23.0. The minimum atomic E-state index is -2.90. The van der Waals surface area contributed by atoms with Crippen LogP contribution in [0.25, 0.3) is 0 Å². The second-order valence-electron chi connectivity index (χ2n) is 4.12. The highest BCUT2D eigenvalue weighted by Crippen LogP contribution is 2.24. The maximum atomic E-state index is 11.5. The van der Waals surface area contributed by atoms with Gasteiger partial charge in [0, 0.05) is 24.6 Å². The van der Waals surface area contributed by atoms with Crippen molar-refractivity contribution >= 4 is 21.6 Å². The highest BCUT2D eigenvalue weighted by Gasteiger charge is 2.33. The van der Waals surface area contributed by atoms with Crippen molar-refractivity contribution in [3.63, 3.8) is 0 Å². The molecule has 1 aliphatic rings. The molecule has 0 aromatic carbocycles. The fraction of sp³-hybridized carbons (Fsp3) is 0.818. The first kappa shape index (κ1) is 13.9. The predicted octanol–water partition coefficient (Wildman–Crippen LogP) is 0.908. The lowest BCUT2D eigenvalue weighted by Crippen LogP contribution is -2.40. The Hall–Kier alpha value is -0.180. The topological polar surface area (TPSA) is 46.2 Å². The summed E-state index contributed by atoms with van der Waals surface area (Å²) >= 11 is 1.70. The number of terminal acetylenes is 1. The number of hydrogen-bond acceptors (Lipinski definition) is 4.